The molecule has 0 aliphatic heterocycles. The molecular formula is C17H15ClFNO. The molecule has 1 aromatic heterocycles. The zero-order valence-corrected chi connectivity index (χ0v) is 12.4. The maximum Gasteiger partial charge on any atom is 0.123 e. The van der Waals surface area contributed by atoms with Gasteiger partial charge in [-0.3, -0.25) is 0 Å². The highest BCUT2D eigenvalue weighted by Gasteiger charge is 2.15. The predicted molar refractivity (Wildman–Crippen MR) is 83.1 cm³/mol. The number of aryl methyl sites for hydroxylation is 1. The Kier molecular flexibility index (Phi) is 3.70. The van der Waals surface area contributed by atoms with Crippen molar-refractivity contribution in [2.24, 2.45) is 0 Å². The summed E-state index contributed by atoms with van der Waals surface area (Å²) in [5, 5.41) is 11.0. The van der Waals surface area contributed by atoms with Gasteiger partial charge in [-0.25, -0.2) is 4.39 Å². The van der Waals surface area contributed by atoms with Crippen molar-refractivity contribution in [3.63, 3.8) is 0 Å². The second-order valence-electron chi connectivity index (χ2n) is 5.16. The fourth-order valence-electron chi connectivity index (χ4n) is 2.58. The van der Waals surface area contributed by atoms with Gasteiger partial charge in [-0.1, -0.05) is 35.9 Å². The Balaban J connectivity index is 2.14. The van der Waals surface area contributed by atoms with Gasteiger partial charge < -0.3 is 9.67 Å². The summed E-state index contributed by atoms with van der Waals surface area (Å²) in [5.74, 6) is -0.255. The van der Waals surface area contributed by atoms with Gasteiger partial charge >= 0.3 is 0 Å². The van der Waals surface area contributed by atoms with Gasteiger partial charge in [0, 0.05) is 17.5 Å². The lowest BCUT2D eigenvalue weighted by Gasteiger charge is -2.08. The van der Waals surface area contributed by atoms with Crippen LogP contribution in [0.2, 0.25) is 5.15 Å². The van der Waals surface area contributed by atoms with Crippen LogP contribution in [0.1, 0.15) is 16.7 Å². The zero-order valence-electron chi connectivity index (χ0n) is 11.6. The molecule has 2 nitrogen and oxygen atoms in total. The molecule has 2 aromatic carbocycles. The molecule has 0 atom stereocenters. The second kappa shape index (κ2) is 5.51. The summed E-state index contributed by atoms with van der Waals surface area (Å²) < 4.78 is 15.0. The predicted octanol–water partition coefficient (Wildman–Crippen LogP) is 4.28. The van der Waals surface area contributed by atoms with Crippen molar-refractivity contribution >= 4 is 22.5 Å². The van der Waals surface area contributed by atoms with Gasteiger partial charge in [0.2, 0.25) is 0 Å². The highest BCUT2D eigenvalue weighted by atomic mass is 35.5. The first-order chi connectivity index (χ1) is 10.1. The average Bonchev–Trinajstić information content (AvgIpc) is 2.73. The summed E-state index contributed by atoms with van der Waals surface area (Å²) in [6, 6.07) is 12.4. The molecule has 3 rings (SSSR count). The third kappa shape index (κ3) is 2.55. The highest BCUT2D eigenvalue weighted by molar-refractivity contribution is 6.32. The van der Waals surface area contributed by atoms with E-state index in [0.29, 0.717) is 11.7 Å². The minimum atomic E-state index is -0.255. The molecule has 4 heteroatoms. The van der Waals surface area contributed by atoms with E-state index in [-0.39, 0.29) is 12.4 Å². The van der Waals surface area contributed by atoms with Crippen LogP contribution in [0.3, 0.4) is 0 Å². The molecule has 3 aromatic rings. The smallest absolute Gasteiger partial charge is 0.123 e. The first kappa shape index (κ1) is 14.1. The standard InChI is InChI=1S/C17H15ClFNO/c1-11-2-7-14-15(10-21)17(18)20(16(14)8-11)9-12-3-5-13(19)6-4-12/h2-8,21H,9-10H2,1H3. The maximum atomic E-state index is 13.0. The van der Waals surface area contributed by atoms with E-state index in [1.807, 2.05) is 29.7 Å². The Hall–Kier alpha value is -1.84. The zero-order chi connectivity index (χ0) is 15.0. The maximum absolute atomic E-state index is 13.0. The lowest BCUT2D eigenvalue weighted by Crippen LogP contribution is -2.00. The number of halogens is 2. The van der Waals surface area contributed by atoms with Crippen molar-refractivity contribution < 1.29 is 9.50 Å². The molecule has 0 aliphatic rings. The van der Waals surface area contributed by atoms with E-state index >= 15 is 0 Å². The van der Waals surface area contributed by atoms with Crippen molar-refractivity contribution in [3.05, 3.63) is 70.1 Å². The van der Waals surface area contributed by atoms with Gasteiger partial charge in [-0.05, 0) is 36.2 Å². The number of aliphatic hydroxyl groups is 1. The van der Waals surface area contributed by atoms with E-state index in [2.05, 4.69) is 0 Å². The lowest BCUT2D eigenvalue weighted by atomic mass is 10.1. The number of fused-ring (bicyclic) bond motifs is 1. The van der Waals surface area contributed by atoms with Crippen LogP contribution >= 0.6 is 11.6 Å². The normalized spacial score (nSPS) is 11.2. The van der Waals surface area contributed by atoms with Crippen LogP contribution in [0.5, 0.6) is 0 Å². The Morgan fingerprint density at radius 3 is 2.52 bits per heavy atom. The van der Waals surface area contributed by atoms with E-state index in [9.17, 15) is 9.50 Å². The van der Waals surface area contributed by atoms with Crippen LogP contribution in [-0.2, 0) is 13.2 Å². The molecule has 0 aliphatic carbocycles. The SMILES string of the molecule is Cc1ccc2c(CO)c(Cl)n(Cc3ccc(F)cc3)c2c1. The van der Waals surface area contributed by atoms with Crippen LogP contribution < -0.4 is 0 Å². The number of hydrogen-bond acceptors (Lipinski definition) is 1. The molecule has 0 spiro atoms. The molecule has 0 fully saturated rings. The lowest BCUT2D eigenvalue weighted by molar-refractivity contribution is 0.283. The number of benzene rings is 2. The molecule has 108 valence electrons. The van der Waals surface area contributed by atoms with E-state index in [0.717, 1.165) is 27.6 Å². The van der Waals surface area contributed by atoms with E-state index in [1.165, 1.54) is 12.1 Å². The summed E-state index contributed by atoms with van der Waals surface area (Å²) in [6.07, 6.45) is 0. The van der Waals surface area contributed by atoms with Gasteiger partial charge in [-0.15, -0.1) is 0 Å². The number of rotatable bonds is 3. The molecule has 0 saturated carbocycles. The van der Waals surface area contributed by atoms with Crippen LogP contribution in [-0.4, -0.2) is 9.67 Å². The molecule has 0 saturated heterocycles. The Labute approximate surface area is 127 Å². The molecule has 0 bridgehead atoms. The van der Waals surface area contributed by atoms with Gasteiger partial charge in [0.15, 0.2) is 0 Å². The molecule has 0 unspecified atom stereocenters. The second-order valence-corrected chi connectivity index (χ2v) is 5.52. The van der Waals surface area contributed by atoms with Crippen molar-refractivity contribution in [1.29, 1.82) is 0 Å². The van der Waals surface area contributed by atoms with E-state index < -0.39 is 0 Å². The summed E-state index contributed by atoms with van der Waals surface area (Å²) in [7, 11) is 0. The molecule has 0 amide bonds. The minimum absolute atomic E-state index is 0.102. The van der Waals surface area contributed by atoms with E-state index in [4.69, 9.17) is 11.6 Å². The fraction of sp³-hybridized carbons (Fsp3) is 0.176. The monoisotopic (exact) mass is 303 g/mol. The molecule has 21 heavy (non-hydrogen) atoms. The number of nitrogens with zero attached hydrogens (tertiary/aromatic N) is 1. The van der Waals surface area contributed by atoms with Gasteiger partial charge in [-0.2, -0.15) is 0 Å². The van der Waals surface area contributed by atoms with Crippen molar-refractivity contribution in [2.45, 2.75) is 20.1 Å². The van der Waals surface area contributed by atoms with Crippen molar-refractivity contribution in [2.75, 3.05) is 0 Å². The quantitative estimate of drug-likeness (QED) is 0.767. The van der Waals surface area contributed by atoms with E-state index in [1.54, 1.807) is 12.1 Å². The Morgan fingerprint density at radius 1 is 1.14 bits per heavy atom. The molecule has 1 heterocycles. The summed E-state index contributed by atoms with van der Waals surface area (Å²) in [6.45, 7) is 2.45. The first-order valence-electron chi connectivity index (χ1n) is 6.72. The Morgan fingerprint density at radius 2 is 1.86 bits per heavy atom. The van der Waals surface area contributed by atoms with Crippen LogP contribution in [0.4, 0.5) is 4.39 Å². The van der Waals surface area contributed by atoms with Crippen molar-refractivity contribution in [3.8, 4) is 0 Å². The fourth-order valence-corrected chi connectivity index (χ4v) is 2.89. The highest BCUT2D eigenvalue weighted by Crippen LogP contribution is 2.31. The molecular weight excluding hydrogens is 289 g/mol. The average molecular weight is 304 g/mol. The largest absolute Gasteiger partial charge is 0.392 e. The van der Waals surface area contributed by atoms with Crippen LogP contribution in [0.25, 0.3) is 10.9 Å². The number of aliphatic hydroxyl groups excluding tert-OH is 1. The summed E-state index contributed by atoms with van der Waals surface area (Å²) >= 11 is 6.41. The first-order valence-corrected chi connectivity index (χ1v) is 7.10. The van der Waals surface area contributed by atoms with Crippen molar-refractivity contribution in [1.82, 2.24) is 4.57 Å². The minimum Gasteiger partial charge on any atom is -0.392 e. The Bertz CT molecular complexity index is 793. The number of aromatic nitrogens is 1. The van der Waals surface area contributed by atoms with Crippen LogP contribution in [0, 0.1) is 12.7 Å². The van der Waals surface area contributed by atoms with Gasteiger partial charge in [0.05, 0.1) is 12.1 Å². The summed E-state index contributed by atoms with van der Waals surface area (Å²) in [5.41, 5.74) is 3.80. The van der Waals surface area contributed by atoms with Gasteiger partial charge in [0.25, 0.3) is 0 Å². The number of hydrogen-bond donors (Lipinski definition) is 1. The topological polar surface area (TPSA) is 25.2 Å². The third-order valence-corrected chi connectivity index (χ3v) is 4.10. The molecule has 0 radical (unpaired) electrons. The summed E-state index contributed by atoms with van der Waals surface area (Å²) in [4.78, 5) is 0. The van der Waals surface area contributed by atoms with Crippen LogP contribution in [0.15, 0.2) is 42.5 Å². The van der Waals surface area contributed by atoms with Gasteiger partial charge in [0.1, 0.15) is 11.0 Å². The molecule has 1 N–H and O–H groups in total. The third-order valence-electron chi connectivity index (χ3n) is 3.67.